The molecule has 0 radical (unpaired) electrons. The predicted octanol–water partition coefficient (Wildman–Crippen LogP) is 3.59. The number of halogens is 1. The zero-order valence-electron chi connectivity index (χ0n) is 16.3. The molecule has 0 unspecified atom stereocenters. The van der Waals surface area contributed by atoms with Gasteiger partial charge in [0.2, 0.25) is 5.91 Å². The standard InChI is InChI=1S/C21H24ClN5O2/c1-29-13-12-26-11-9-16-17(5-2-6-18(16)26)23-21(28)15-4-3-10-27(14-15)20-8-7-19(22)24-25-20/h2,5-9,11,15H,3-4,10,12-14H2,1H3,(H,23,28)/t15-/m1/s1. The highest BCUT2D eigenvalue weighted by molar-refractivity contribution is 6.29. The van der Waals surface area contributed by atoms with Crippen molar-refractivity contribution < 1.29 is 9.53 Å². The molecular weight excluding hydrogens is 390 g/mol. The Kier molecular flexibility index (Phi) is 5.97. The summed E-state index contributed by atoms with van der Waals surface area (Å²) in [5.74, 6) is 0.685. The molecule has 0 bridgehead atoms. The van der Waals surface area contributed by atoms with Crippen LogP contribution >= 0.6 is 11.6 Å². The lowest BCUT2D eigenvalue weighted by atomic mass is 9.97. The molecule has 7 nitrogen and oxygen atoms in total. The summed E-state index contributed by atoms with van der Waals surface area (Å²) in [5, 5.41) is 12.6. The molecule has 0 aliphatic carbocycles. The van der Waals surface area contributed by atoms with Crippen molar-refractivity contribution in [1.29, 1.82) is 0 Å². The normalized spacial score (nSPS) is 16.9. The lowest BCUT2D eigenvalue weighted by Gasteiger charge is -2.32. The first-order valence-corrected chi connectivity index (χ1v) is 10.2. The molecule has 1 amide bonds. The van der Waals surface area contributed by atoms with Crippen molar-refractivity contribution >= 4 is 39.9 Å². The van der Waals surface area contributed by atoms with E-state index in [4.69, 9.17) is 16.3 Å². The first-order chi connectivity index (χ1) is 14.2. The maximum atomic E-state index is 13.0. The van der Waals surface area contributed by atoms with Crippen LogP contribution in [0.4, 0.5) is 11.5 Å². The summed E-state index contributed by atoms with van der Waals surface area (Å²) in [6.07, 6.45) is 3.81. The fourth-order valence-corrected chi connectivity index (χ4v) is 3.93. The molecule has 3 aromatic rings. The lowest BCUT2D eigenvalue weighted by Crippen LogP contribution is -2.41. The molecular formula is C21H24ClN5O2. The first-order valence-electron chi connectivity index (χ1n) is 9.77. The molecule has 3 heterocycles. The Morgan fingerprint density at radius 3 is 2.97 bits per heavy atom. The number of rotatable bonds is 6. The van der Waals surface area contributed by atoms with Gasteiger partial charge in [-0.2, -0.15) is 0 Å². The number of nitrogens with one attached hydrogen (secondary N) is 1. The number of carbonyl (C=O) groups excluding carboxylic acids is 1. The van der Waals surface area contributed by atoms with Gasteiger partial charge in [-0.3, -0.25) is 4.79 Å². The number of piperidine rings is 1. The summed E-state index contributed by atoms with van der Waals surface area (Å²) in [6.45, 7) is 2.90. The molecule has 1 aliphatic heterocycles. The van der Waals surface area contributed by atoms with E-state index < -0.39 is 0 Å². The zero-order valence-corrected chi connectivity index (χ0v) is 17.1. The van der Waals surface area contributed by atoms with Crippen molar-refractivity contribution in [2.45, 2.75) is 19.4 Å². The van der Waals surface area contributed by atoms with Gasteiger partial charge in [-0.05, 0) is 43.2 Å². The van der Waals surface area contributed by atoms with E-state index in [0.29, 0.717) is 18.3 Å². The van der Waals surface area contributed by atoms with Gasteiger partial charge in [0.25, 0.3) is 0 Å². The van der Waals surface area contributed by atoms with Crippen LogP contribution in [0.2, 0.25) is 5.15 Å². The highest BCUT2D eigenvalue weighted by Gasteiger charge is 2.27. The molecule has 152 valence electrons. The minimum absolute atomic E-state index is 0.0359. The van der Waals surface area contributed by atoms with E-state index in [1.807, 2.05) is 30.5 Å². The number of methoxy groups -OCH3 is 1. The number of anilines is 2. The molecule has 1 N–H and O–H groups in total. The van der Waals surface area contributed by atoms with Crippen LogP contribution in [0, 0.1) is 5.92 Å². The van der Waals surface area contributed by atoms with Gasteiger partial charge >= 0.3 is 0 Å². The smallest absolute Gasteiger partial charge is 0.229 e. The van der Waals surface area contributed by atoms with Gasteiger partial charge in [0.05, 0.1) is 23.7 Å². The SMILES string of the molecule is COCCn1ccc2c(NC(=O)[C@@H]3CCCN(c4ccc(Cl)nn4)C3)cccc21. The van der Waals surface area contributed by atoms with Crippen LogP contribution in [0.3, 0.4) is 0 Å². The van der Waals surface area contributed by atoms with Crippen molar-refractivity contribution in [3.63, 3.8) is 0 Å². The number of hydrogen-bond donors (Lipinski definition) is 1. The third-order valence-corrected chi connectivity index (χ3v) is 5.54. The van der Waals surface area contributed by atoms with Crippen LogP contribution in [0.15, 0.2) is 42.6 Å². The second kappa shape index (κ2) is 8.80. The van der Waals surface area contributed by atoms with Crippen molar-refractivity contribution in [2.24, 2.45) is 5.92 Å². The lowest BCUT2D eigenvalue weighted by molar-refractivity contribution is -0.120. The highest BCUT2D eigenvalue weighted by atomic mass is 35.5. The van der Waals surface area contributed by atoms with Gasteiger partial charge in [-0.15, -0.1) is 10.2 Å². The van der Waals surface area contributed by atoms with Crippen LogP contribution in [0.5, 0.6) is 0 Å². The minimum atomic E-state index is -0.105. The van der Waals surface area contributed by atoms with Crippen LogP contribution in [-0.4, -0.2) is 47.5 Å². The number of carbonyl (C=O) groups is 1. The van der Waals surface area contributed by atoms with E-state index in [9.17, 15) is 4.79 Å². The zero-order chi connectivity index (χ0) is 20.2. The maximum absolute atomic E-state index is 13.0. The summed E-state index contributed by atoms with van der Waals surface area (Å²) >= 11 is 5.83. The van der Waals surface area contributed by atoms with Gasteiger partial charge in [-0.1, -0.05) is 17.7 Å². The highest BCUT2D eigenvalue weighted by Crippen LogP contribution is 2.27. The average molecular weight is 414 g/mol. The maximum Gasteiger partial charge on any atom is 0.229 e. The molecule has 1 aromatic carbocycles. The van der Waals surface area contributed by atoms with E-state index in [0.717, 1.165) is 48.3 Å². The fourth-order valence-electron chi connectivity index (χ4n) is 3.83. The fraction of sp³-hybridized carbons (Fsp3) is 0.381. The number of fused-ring (bicyclic) bond motifs is 1. The largest absolute Gasteiger partial charge is 0.383 e. The molecule has 1 saturated heterocycles. The Morgan fingerprint density at radius 2 is 2.17 bits per heavy atom. The third-order valence-electron chi connectivity index (χ3n) is 5.34. The van der Waals surface area contributed by atoms with E-state index in [1.54, 1.807) is 13.2 Å². The van der Waals surface area contributed by atoms with Crippen molar-refractivity contribution in [2.75, 3.05) is 37.0 Å². The predicted molar refractivity (Wildman–Crippen MR) is 114 cm³/mol. The molecule has 8 heteroatoms. The van der Waals surface area contributed by atoms with E-state index in [-0.39, 0.29) is 11.8 Å². The minimum Gasteiger partial charge on any atom is -0.383 e. The number of nitrogens with zero attached hydrogens (tertiary/aromatic N) is 4. The third kappa shape index (κ3) is 4.36. The van der Waals surface area contributed by atoms with E-state index in [2.05, 4.69) is 31.0 Å². The average Bonchev–Trinajstić information content (AvgIpc) is 3.17. The van der Waals surface area contributed by atoms with Crippen LogP contribution in [-0.2, 0) is 16.1 Å². The second-order valence-electron chi connectivity index (χ2n) is 7.23. The number of hydrogen-bond acceptors (Lipinski definition) is 5. The number of amides is 1. The topological polar surface area (TPSA) is 72.3 Å². The quantitative estimate of drug-likeness (QED) is 0.668. The van der Waals surface area contributed by atoms with E-state index in [1.165, 1.54) is 0 Å². The first kappa shape index (κ1) is 19.7. The number of ether oxygens (including phenoxy) is 1. The second-order valence-corrected chi connectivity index (χ2v) is 7.62. The van der Waals surface area contributed by atoms with Gasteiger partial charge in [0.1, 0.15) is 0 Å². The molecule has 29 heavy (non-hydrogen) atoms. The van der Waals surface area contributed by atoms with Gasteiger partial charge in [-0.25, -0.2) is 0 Å². The molecule has 0 spiro atoms. The summed E-state index contributed by atoms with van der Waals surface area (Å²) in [4.78, 5) is 15.1. The molecule has 1 fully saturated rings. The van der Waals surface area contributed by atoms with Crippen LogP contribution < -0.4 is 10.2 Å². The van der Waals surface area contributed by atoms with Crippen molar-refractivity contribution in [1.82, 2.24) is 14.8 Å². The summed E-state index contributed by atoms with van der Waals surface area (Å²) in [7, 11) is 1.69. The van der Waals surface area contributed by atoms with Gasteiger partial charge in [0.15, 0.2) is 11.0 Å². The molecule has 1 aliphatic rings. The summed E-state index contributed by atoms with van der Waals surface area (Å²) < 4.78 is 7.31. The molecule has 2 aromatic heterocycles. The van der Waals surface area contributed by atoms with Gasteiger partial charge in [0, 0.05) is 38.3 Å². The molecule has 1 atom stereocenters. The van der Waals surface area contributed by atoms with Gasteiger partial charge < -0.3 is 19.5 Å². The Hall–Kier alpha value is -2.64. The Balaban J connectivity index is 1.47. The monoisotopic (exact) mass is 413 g/mol. The number of aromatic nitrogens is 3. The van der Waals surface area contributed by atoms with Crippen molar-refractivity contribution in [3.05, 3.63) is 47.7 Å². The van der Waals surface area contributed by atoms with Crippen LogP contribution in [0.1, 0.15) is 12.8 Å². The summed E-state index contributed by atoms with van der Waals surface area (Å²) in [5.41, 5.74) is 1.92. The molecule has 0 saturated carbocycles. The Morgan fingerprint density at radius 1 is 1.28 bits per heavy atom. The summed E-state index contributed by atoms with van der Waals surface area (Å²) in [6, 6.07) is 11.6. The number of benzene rings is 1. The van der Waals surface area contributed by atoms with Crippen LogP contribution in [0.25, 0.3) is 10.9 Å². The Bertz CT molecular complexity index is 988. The Labute approximate surface area is 174 Å². The molecule has 4 rings (SSSR count). The van der Waals surface area contributed by atoms with E-state index >= 15 is 0 Å². The van der Waals surface area contributed by atoms with Crippen molar-refractivity contribution in [3.8, 4) is 0 Å².